The van der Waals surface area contributed by atoms with E-state index in [1.165, 1.54) is 23.9 Å². The third kappa shape index (κ3) is 5.76. The van der Waals surface area contributed by atoms with Gasteiger partial charge >= 0.3 is 5.97 Å². The summed E-state index contributed by atoms with van der Waals surface area (Å²) < 4.78 is 11.8. The maximum absolute atomic E-state index is 12.0. The van der Waals surface area contributed by atoms with E-state index in [-0.39, 0.29) is 18.6 Å². The molecule has 164 valence electrons. The first kappa shape index (κ1) is 22.2. The summed E-state index contributed by atoms with van der Waals surface area (Å²) in [5.41, 5.74) is 6.90. The summed E-state index contributed by atoms with van der Waals surface area (Å²) in [6.45, 7) is 3.65. The normalized spacial score (nSPS) is 20.0. The van der Waals surface area contributed by atoms with Gasteiger partial charge in [-0.3, -0.25) is 4.79 Å². The largest absolute Gasteiger partial charge is 0.497 e. The molecule has 0 amide bonds. The van der Waals surface area contributed by atoms with Gasteiger partial charge in [-0.1, -0.05) is 18.6 Å². The maximum atomic E-state index is 12.0. The van der Waals surface area contributed by atoms with Crippen molar-refractivity contribution >= 4 is 5.97 Å². The zero-order chi connectivity index (χ0) is 21.3. The molecule has 1 fully saturated rings. The second kappa shape index (κ2) is 11.0. The summed E-state index contributed by atoms with van der Waals surface area (Å²) >= 11 is 0. The van der Waals surface area contributed by atoms with Crippen molar-refractivity contribution in [1.29, 1.82) is 0 Å². The van der Waals surface area contributed by atoms with Crippen molar-refractivity contribution in [2.75, 3.05) is 26.8 Å². The Morgan fingerprint density at radius 1 is 1.30 bits per heavy atom. The van der Waals surface area contributed by atoms with Gasteiger partial charge in [0.15, 0.2) is 5.82 Å². The fourth-order valence-electron chi connectivity index (χ4n) is 4.10. The predicted molar refractivity (Wildman–Crippen MR) is 112 cm³/mol. The number of esters is 1. The van der Waals surface area contributed by atoms with Crippen molar-refractivity contribution in [2.45, 2.75) is 45.2 Å². The van der Waals surface area contributed by atoms with Crippen LogP contribution < -0.4 is 15.8 Å². The molecule has 0 saturated heterocycles. The van der Waals surface area contributed by atoms with Crippen LogP contribution in [0.2, 0.25) is 0 Å². The van der Waals surface area contributed by atoms with Gasteiger partial charge in [-0.15, -0.1) is 5.10 Å². The van der Waals surface area contributed by atoms with E-state index in [0.29, 0.717) is 24.3 Å². The van der Waals surface area contributed by atoms with E-state index in [4.69, 9.17) is 15.2 Å². The van der Waals surface area contributed by atoms with E-state index in [9.17, 15) is 4.79 Å². The van der Waals surface area contributed by atoms with Crippen molar-refractivity contribution in [2.24, 2.45) is 17.6 Å². The Labute approximate surface area is 177 Å². The van der Waals surface area contributed by atoms with Crippen LogP contribution in [0.5, 0.6) is 5.75 Å². The lowest BCUT2D eigenvalue weighted by atomic mass is 9.81. The highest BCUT2D eigenvalue weighted by atomic mass is 16.5. The van der Waals surface area contributed by atoms with Crippen molar-refractivity contribution in [1.82, 2.24) is 25.5 Å². The van der Waals surface area contributed by atoms with Crippen LogP contribution in [0.1, 0.15) is 50.0 Å². The molecule has 9 heteroatoms. The Morgan fingerprint density at radius 3 is 2.77 bits per heavy atom. The second-order valence-electron chi connectivity index (χ2n) is 7.75. The number of nitrogens with one attached hydrogen (secondary N) is 1. The average molecular weight is 417 g/mol. The standard InChI is InChI=1S/C21H32N6O3/c1-3-30-19(28)14-27-21(24-25-26-27)20(17-7-9-18(29-2)10-8-17)23-13-16-6-4-5-15(11-16)12-22/h7-10,15-16,20,23H,3-6,11-14,22H2,1-2H3. The molecule has 1 saturated carbocycles. The molecule has 0 radical (unpaired) electrons. The Hall–Kier alpha value is -2.52. The minimum atomic E-state index is -0.363. The zero-order valence-electron chi connectivity index (χ0n) is 17.8. The first-order valence-corrected chi connectivity index (χ1v) is 10.6. The van der Waals surface area contributed by atoms with E-state index in [1.807, 2.05) is 24.3 Å². The number of carbonyl (C=O) groups is 1. The number of benzene rings is 1. The van der Waals surface area contributed by atoms with Crippen LogP contribution in [0.3, 0.4) is 0 Å². The number of tetrazole rings is 1. The lowest BCUT2D eigenvalue weighted by molar-refractivity contribution is -0.144. The average Bonchev–Trinajstić information content (AvgIpc) is 3.22. The van der Waals surface area contributed by atoms with E-state index >= 15 is 0 Å². The smallest absolute Gasteiger partial charge is 0.327 e. The first-order valence-electron chi connectivity index (χ1n) is 10.6. The summed E-state index contributed by atoms with van der Waals surface area (Å²) in [7, 11) is 1.64. The van der Waals surface area contributed by atoms with Crippen LogP contribution in [0.4, 0.5) is 0 Å². The number of hydrogen-bond acceptors (Lipinski definition) is 8. The van der Waals surface area contributed by atoms with Gasteiger partial charge < -0.3 is 20.5 Å². The minimum absolute atomic E-state index is 0.0246. The number of carbonyl (C=O) groups excluding carboxylic acids is 1. The van der Waals surface area contributed by atoms with Crippen LogP contribution in [0.25, 0.3) is 0 Å². The van der Waals surface area contributed by atoms with Gasteiger partial charge in [-0.25, -0.2) is 4.68 Å². The highest BCUT2D eigenvalue weighted by Crippen LogP contribution is 2.29. The fraction of sp³-hybridized carbons (Fsp3) is 0.619. The summed E-state index contributed by atoms with van der Waals surface area (Å²) in [6.07, 6.45) is 4.74. The molecule has 1 aromatic carbocycles. The summed E-state index contributed by atoms with van der Waals surface area (Å²) in [4.78, 5) is 12.0. The Bertz CT molecular complexity index is 794. The Balaban J connectivity index is 1.79. The predicted octanol–water partition coefficient (Wildman–Crippen LogP) is 1.69. The molecule has 9 nitrogen and oxygen atoms in total. The summed E-state index contributed by atoms with van der Waals surface area (Å²) in [5.74, 6) is 2.15. The molecule has 0 spiro atoms. The molecule has 1 aromatic heterocycles. The van der Waals surface area contributed by atoms with Gasteiger partial charge in [0.2, 0.25) is 0 Å². The van der Waals surface area contributed by atoms with Crippen molar-refractivity contribution in [3.05, 3.63) is 35.7 Å². The number of rotatable bonds is 10. The van der Waals surface area contributed by atoms with Gasteiger partial charge in [-0.05, 0) is 79.2 Å². The maximum Gasteiger partial charge on any atom is 0.327 e. The lowest BCUT2D eigenvalue weighted by Gasteiger charge is -2.30. The Kier molecular flexibility index (Phi) is 8.15. The monoisotopic (exact) mass is 416 g/mol. The lowest BCUT2D eigenvalue weighted by Crippen LogP contribution is -2.34. The molecule has 1 aliphatic rings. The summed E-state index contributed by atoms with van der Waals surface area (Å²) in [6, 6.07) is 7.55. The number of nitrogens with two attached hydrogens (primary N) is 1. The quantitative estimate of drug-likeness (QED) is 0.562. The van der Waals surface area contributed by atoms with E-state index in [2.05, 4.69) is 20.8 Å². The highest BCUT2D eigenvalue weighted by Gasteiger charge is 2.26. The number of ether oxygens (including phenoxy) is 2. The number of nitrogens with zero attached hydrogens (tertiary/aromatic N) is 4. The van der Waals surface area contributed by atoms with Crippen molar-refractivity contribution < 1.29 is 14.3 Å². The minimum Gasteiger partial charge on any atom is -0.497 e. The van der Waals surface area contributed by atoms with Gasteiger partial charge in [0.05, 0.1) is 19.8 Å². The van der Waals surface area contributed by atoms with Crippen LogP contribution in [0, 0.1) is 11.8 Å². The molecule has 2 aromatic rings. The highest BCUT2D eigenvalue weighted by molar-refractivity contribution is 5.69. The van der Waals surface area contributed by atoms with Gasteiger partial charge in [0.1, 0.15) is 12.3 Å². The van der Waals surface area contributed by atoms with E-state index < -0.39 is 0 Å². The van der Waals surface area contributed by atoms with Crippen LogP contribution >= 0.6 is 0 Å². The third-order valence-corrected chi connectivity index (χ3v) is 5.69. The molecule has 1 heterocycles. The topological polar surface area (TPSA) is 117 Å². The second-order valence-corrected chi connectivity index (χ2v) is 7.75. The molecule has 3 N–H and O–H groups in total. The molecule has 3 unspecified atom stereocenters. The van der Waals surface area contributed by atoms with Gasteiger partial charge in [0.25, 0.3) is 0 Å². The summed E-state index contributed by atoms with van der Waals surface area (Å²) in [5, 5.41) is 15.7. The van der Waals surface area contributed by atoms with Crippen molar-refractivity contribution in [3.8, 4) is 5.75 Å². The number of hydrogen-bond donors (Lipinski definition) is 2. The number of methoxy groups -OCH3 is 1. The SMILES string of the molecule is CCOC(=O)Cn1nnnc1C(NCC1CCCC(CN)C1)c1ccc(OC)cc1. The molecule has 0 aliphatic heterocycles. The molecule has 3 atom stereocenters. The first-order chi connectivity index (χ1) is 14.6. The zero-order valence-corrected chi connectivity index (χ0v) is 17.8. The van der Waals surface area contributed by atoms with Crippen LogP contribution in [-0.4, -0.2) is 53.0 Å². The van der Waals surface area contributed by atoms with Crippen LogP contribution in [0.15, 0.2) is 24.3 Å². The molecule has 0 bridgehead atoms. The van der Waals surface area contributed by atoms with Gasteiger partial charge in [0, 0.05) is 0 Å². The van der Waals surface area contributed by atoms with Crippen LogP contribution in [-0.2, 0) is 16.1 Å². The molecular weight excluding hydrogens is 384 g/mol. The molecule has 30 heavy (non-hydrogen) atoms. The number of aromatic nitrogens is 4. The Morgan fingerprint density at radius 2 is 2.07 bits per heavy atom. The molecule has 3 rings (SSSR count). The van der Waals surface area contributed by atoms with Gasteiger partial charge in [-0.2, -0.15) is 0 Å². The van der Waals surface area contributed by atoms with E-state index in [1.54, 1.807) is 14.0 Å². The van der Waals surface area contributed by atoms with Crippen molar-refractivity contribution in [3.63, 3.8) is 0 Å². The van der Waals surface area contributed by atoms with E-state index in [0.717, 1.165) is 30.8 Å². The molecule has 1 aliphatic carbocycles. The fourth-order valence-corrected chi connectivity index (χ4v) is 4.10. The molecular formula is C21H32N6O3. The third-order valence-electron chi connectivity index (χ3n) is 5.69.